The highest BCUT2D eigenvalue weighted by atomic mass is 19.1. The van der Waals surface area contributed by atoms with E-state index in [-0.39, 0.29) is 11.3 Å². The number of aliphatic hydroxyl groups excluding tert-OH is 1. The maximum Gasteiger partial charge on any atom is 0.306 e. The first-order valence-electron chi connectivity index (χ1n) is 3.89. The average Bonchev–Trinajstić information content (AvgIpc) is 2.08. The zero-order valence-corrected chi connectivity index (χ0v) is 7.14. The second-order valence-electron chi connectivity index (χ2n) is 2.82. The summed E-state index contributed by atoms with van der Waals surface area (Å²) in [6.07, 6.45) is -1.97. The van der Waals surface area contributed by atoms with Crippen molar-refractivity contribution in [3.63, 3.8) is 0 Å². The number of halogens is 1. The molecule has 1 aromatic rings. The van der Waals surface area contributed by atoms with Crippen LogP contribution in [0.2, 0.25) is 0 Å². The van der Waals surface area contributed by atoms with Gasteiger partial charge in [0.25, 0.3) is 0 Å². The van der Waals surface area contributed by atoms with Gasteiger partial charge in [0.15, 0.2) is 0 Å². The minimum absolute atomic E-state index is 0.118. The Balaban J connectivity index is 2.93. The number of hydrogen-bond donors (Lipinski definition) is 3. The van der Waals surface area contributed by atoms with Gasteiger partial charge < -0.3 is 15.3 Å². The lowest BCUT2D eigenvalue weighted by Crippen LogP contribution is -2.05. The molecule has 0 saturated carbocycles. The standard InChI is InChI=1S/C9H9FO4/c10-5-1-2-7(11)6(3-5)8(12)4-9(13)14/h1-3,8,11-12H,4H2,(H,13,14)/t8-/m1/s1. The Hall–Kier alpha value is -1.62. The number of aliphatic hydroxyl groups is 1. The maximum atomic E-state index is 12.7. The Morgan fingerprint density at radius 3 is 2.71 bits per heavy atom. The van der Waals surface area contributed by atoms with E-state index in [0.29, 0.717) is 0 Å². The highest BCUT2D eigenvalue weighted by Crippen LogP contribution is 2.26. The molecule has 1 aromatic carbocycles. The van der Waals surface area contributed by atoms with Crippen molar-refractivity contribution in [1.29, 1.82) is 0 Å². The minimum atomic E-state index is -1.40. The quantitative estimate of drug-likeness (QED) is 0.681. The summed E-state index contributed by atoms with van der Waals surface area (Å²) in [6, 6.07) is 2.99. The van der Waals surface area contributed by atoms with E-state index >= 15 is 0 Å². The molecule has 0 bridgehead atoms. The molecule has 0 aliphatic rings. The van der Waals surface area contributed by atoms with Gasteiger partial charge >= 0.3 is 5.97 Å². The Morgan fingerprint density at radius 2 is 2.14 bits per heavy atom. The van der Waals surface area contributed by atoms with Crippen molar-refractivity contribution in [2.24, 2.45) is 0 Å². The van der Waals surface area contributed by atoms with E-state index in [2.05, 4.69) is 0 Å². The van der Waals surface area contributed by atoms with E-state index in [4.69, 9.17) is 5.11 Å². The highest BCUT2D eigenvalue weighted by molar-refractivity contribution is 5.67. The molecular weight excluding hydrogens is 191 g/mol. The van der Waals surface area contributed by atoms with Crippen molar-refractivity contribution in [1.82, 2.24) is 0 Å². The van der Waals surface area contributed by atoms with Crippen LogP contribution in [-0.4, -0.2) is 21.3 Å². The van der Waals surface area contributed by atoms with Gasteiger partial charge in [0, 0.05) is 5.56 Å². The Labute approximate surface area is 79.2 Å². The van der Waals surface area contributed by atoms with Gasteiger partial charge in [-0.3, -0.25) is 4.79 Å². The third kappa shape index (κ3) is 2.43. The number of carboxylic acids is 1. The van der Waals surface area contributed by atoms with Gasteiger partial charge in [0.1, 0.15) is 11.6 Å². The summed E-state index contributed by atoms with van der Waals surface area (Å²) in [4.78, 5) is 10.2. The average molecular weight is 200 g/mol. The number of hydrogen-bond acceptors (Lipinski definition) is 3. The first kappa shape index (κ1) is 10.5. The summed E-state index contributed by atoms with van der Waals surface area (Å²) in [6.45, 7) is 0. The summed E-state index contributed by atoms with van der Waals surface area (Å²) in [5.74, 6) is -2.18. The number of phenolic OH excluding ortho intramolecular Hbond substituents is 1. The van der Waals surface area contributed by atoms with Crippen molar-refractivity contribution in [2.45, 2.75) is 12.5 Å². The predicted molar refractivity (Wildman–Crippen MR) is 45.3 cm³/mol. The van der Waals surface area contributed by atoms with Crippen molar-refractivity contribution < 1.29 is 24.5 Å². The number of aromatic hydroxyl groups is 1. The van der Waals surface area contributed by atoms with Crippen LogP contribution in [0, 0.1) is 5.82 Å². The number of carboxylic acid groups (broad SMARTS) is 1. The first-order chi connectivity index (χ1) is 6.50. The molecule has 0 radical (unpaired) electrons. The van der Waals surface area contributed by atoms with Crippen LogP contribution < -0.4 is 0 Å². The molecule has 3 N–H and O–H groups in total. The molecule has 5 heteroatoms. The summed E-state index contributed by atoms with van der Waals surface area (Å²) < 4.78 is 12.7. The van der Waals surface area contributed by atoms with E-state index in [1.54, 1.807) is 0 Å². The van der Waals surface area contributed by atoms with E-state index in [1.165, 1.54) is 0 Å². The fraction of sp³-hybridized carbons (Fsp3) is 0.222. The van der Waals surface area contributed by atoms with Crippen molar-refractivity contribution in [3.8, 4) is 5.75 Å². The molecule has 76 valence electrons. The number of phenols is 1. The fourth-order valence-corrected chi connectivity index (χ4v) is 1.07. The van der Waals surface area contributed by atoms with Gasteiger partial charge in [-0.2, -0.15) is 0 Å². The molecule has 0 heterocycles. The SMILES string of the molecule is O=C(O)C[C@@H](O)c1cc(F)ccc1O. The Morgan fingerprint density at radius 1 is 1.50 bits per heavy atom. The molecular formula is C9H9FO4. The van der Waals surface area contributed by atoms with Crippen LogP contribution in [0.25, 0.3) is 0 Å². The maximum absolute atomic E-state index is 12.7. The van der Waals surface area contributed by atoms with Gasteiger partial charge in [-0.25, -0.2) is 4.39 Å². The third-order valence-electron chi connectivity index (χ3n) is 1.72. The van der Waals surface area contributed by atoms with E-state index < -0.39 is 24.3 Å². The van der Waals surface area contributed by atoms with Crippen LogP contribution in [0.5, 0.6) is 5.75 Å². The van der Waals surface area contributed by atoms with Crippen molar-refractivity contribution >= 4 is 5.97 Å². The fourth-order valence-electron chi connectivity index (χ4n) is 1.07. The number of rotatable bonds is 3. The molecule has 0 fully saturated rings. The molecule has 1 atom stereocenters. The Bertz CT molecular complexity index is 351. The lowest BCUT2D eigenvalue weighted by Gasteiger charge is -2.09. The molecule has 0 aliphatic heterocycles. The van der Waals surface area contributed by atoms with Crippen LogP contribution >= 0.6 is 0 Å². The second-order valence-corrected chi connectivity index (χ2v) is 2.82. The zero-order chi connectivity index (χ0) is 10.7. The lowest BCUT2D eigenvalue weighted by molar-refractivity contribution is -0.139. The van der Waals surface area contributed by atoms with Crippen molar-refractivity contribution in [2.75, 3.05) is 0 Å². The molecule has 0 aliphatic carbocycles. The van der Waals surface area contributed by atoms with Crippen LogP contribution in [0.3, 0.4) is 0 Å². The molecule has 0 unspecified atom stereocenters. The van der Waals surface area contributed by atoms with Crippen LogP contribution in [-0.2, 0) is 4.79 Å². The van der Waals surface area contributed by atoms with E-state index in [9.17, 15) is 19.4 Å². The molecule has 0 amide bonds. The number of benzene rings is 1. The van der Waals surface area contributed by atoms with Gasteiger partial charge in [-0.05, 0) is 18.2 Å². The number of carbonyl (C=O) groups is 1. The first-order valence-corrected chi connectivity index (χ1v) is 3.89. The van der Waals surface area contributed by atoms with Gasteiger partial charge in [0.05, 0.1) is 12.5 Å². The highest BCUT2D eigenvalue weighted by Gasteiger charge is 2.16. The van der Waals surface area contributed by atoms with Gasteiger partial charge in [0.2, 0.25) is 0 Å². The topological polar surface area (TPSA) is 77.8 Å². The van der Waals surface area contributed by atoms with Crippen LogP contribution in [0.15, 0.2) is 18.2 Å². The smallest absolute Gasteiger partial charge is 0.306 e. The number of aliphatic carboxylic acids is 1. The zero-order valence-electron chi connectivity index (χ0n) is 7.14. The molecule has 14 heavy (non-hydrogen) atoms. The third-order valence-corrected chi connectivity index (χ3v) is 1.72. The van der Waals surface area contributed by atoms with Crippen molar-refractivity contribution in [3.05, 3.63) is 29.6 Å². The molecule has 0 spiro atoms. The molecule has 4 nitrogen and oxygen atoms in total. The summed E-state index contributed by atoms with van der Waals surface area (Å²) in [7, 11) is 0. The molecule has 0 aromatic heterocycles. The normalized spacial score (nSPS) is 12.4. The summed E-state index contributed by atoms with van der Waals surface area (Å²) >= 11 is 0. The Kier molecular flexibility index (Phi) is 3.03. The summed E-state index contributed by atoms with van der Waals surface area (Å²) in [5, 5.41) is 26.9. The van der Waals surface area contributed by atoms with Crippen LogP contribution in [0.1, 0.15) is 18.1 Å². The lowest BCUT2D eigenvalue weighted by atomic mass is 10.1. The monoisotopic (exact) mass is 200 g/mol. The van der Waals surface area contributed by atoms with Gasteiger partial charge in [-0.1, -0.05) is 0 Å². The molecule has 0 saturated heterocycles. The van der Waals surface area contributed by atoms with E-state index in [0.717, 1.165) is 18.2 Å². The van der Waals surface area contributed by atoms with E-state index in [1.807, 2.05) is 0 Å². The minimum Gasteiger partial charge on any atom is -0.508 e. The summed E-state index contributed by atoms with van der Waals surface area (Å²) in [5.41, 5.74) is -0.118. The second kappa shape index (κ2) is 4.06. The predicted octanol–water partition coefficient (Wildman–Crippen LogP) is 1.04. The largest absolute Gasteiger partial charge is 0.508 e. The van der Waals surface area contributed by atoms with Crippen LogP contribution in [0.4, 0.5) is 4.39 Å². The van der Waals surface area contributed by atoms with Gasteiger partial charge in [-0.15, -0.1) is 0 Å². The molecule has 1 rings (SSSR count).